The number of fused-ring (bicyclic) bond motifs is 1. The lowest BCUT2D eigenvalue weighted by Gasteiger charge is -2.26. The van der Waals surface area contributed by atoms with Crippen molar-refractivity contribution in [3.05, 3.63) is 53.1 Å². The molecule has 2 aromatic rings. The third-order valence-corrected chi connectivity index (χ3v) is 5.22. The van der Waals surface area contributed by atoms with Crippen molar-refractivity contribution in [2.45, 2.75) is 46.6 Å². The monoisotopic (exact) mass is 367 g/mol. The number of hydrogen-bond acceptors (Lipinski definition) is 3. The van der Waals surface area contributed by atoms with Gasteiger partial charge in [0.2, 0.25) is 0 Å². The average molecular weight is 367 g/mol. The van der Waals surface area contributed by atoms with Gasteiger partial charge in [-0.25, -0.2) is 4.79 Å². The van der Waals surface area contributed by atoms with Gasteiger partial charge >= 0.3 is 6.09 Å². The molecule has 1 aliphatic carbocycles. The minimum Gasteiger partial charge on any atom is -0.496 e. The predicted molar refractivity (Wildman–Crippen MR) is 108 cm³/mol. The van der Waals surface area contributed by atoms with E-state index in [9.17, 15) is 4.79 Å². The fourth-order valence-corrected chi connectivity index (χ4v) is 4.11. The van der Waals surface area contributed by atoms with Crippen LogP contribution in [0.25, 0.3) is 11.1 Å². The summed E-state index contributed by atoms with van der Waals surface area (Å²) in [6, 6.07) is 12.8. The second kappa shape index (κ2) is 7.26. The molecule has 4 heteroatoms. The summed E-state index contributed by atoms with van der Waals surface area (Å²) in [6.07, 6.45) is 0.761. The van der Waals surface area contributed by atoms with E-state index in [0.29, 0.717) is 5.92 Å². The van der Waals surface area contributed by atoms with Gasteiger partial charge in [-0.3, -0.25) is 0 Å². The van der Waals surface area contributed by atoms with Crippen molar-refractivity contribution in [3.63, 3.8) is 0 Å². The Labute approximate surface area is 161 Å². The lowest BCUT2D eigenvalue weighted by atomic mass is 9.87. The van der Waals surface area contributed by atoms with Crippen molar-refractivity contribution < 1.29 is 14.3 Å². The lowest BCUT2D eigenvalue weighted by Crippen LogP contribution is -2.25. The van der Waals surface area contributed by atoms with Crippen LogP contribution in [0.5, 0.6) is 5.75 Å². The minimum absolute atomic E-state index is 0.208. The number of ether oxygens (including phenoxy) is 2. The van der Waals surface area contributed by atoms with Crippen LogP contribution >= 0.6 is 0 Å². The third-order valence-electron chi connectivity index (χ3n) is 5.22. The van der Waals surface area contributed by atoms with Gasteiger partial charge in [-0.05, 0) is 53.1 Å². The van der Waals surface area contributed by atoms with Gasteiger partial charge in [-0.2, -0.15) is 0 Å². The molecule has 4 nitrogen and oxygen atoms in total. The third kappa shape index (κ3) is 3.95. The number of methoxy groups -OCH3 is 1. The van der Waals surface area contributed by atoms with Gasteiger partial charge in [0.05, 0.1) is 7.11 Å². The Bertz CT molecular complexity index is 855. The largest absolute Gasteiger partial charge is 0.496 e. The molecule has 0 saturated heterocycles. The van der Waals surface area contributed by atoms with Crippen LogP contribution in [0.1, 0.15) is 50.5 Å². The van der Waals surface area contributed by atoms with Crippen molar-refractivity contribution >= 4 is 6.09 Å². The second-order valence-electron chi connectivity index (χ2n) is 8.53. The molecule has 144 valence electrons. The highest BCUT2D eigenvalue weighted by Gasteiger charge is 2.42. The number of carbonyl (C=O) groups excluding carboxylic acids is 1. The predicted octanol–water partition coefficient (Wildman–Crippen LogP) is 5.28. The first-order valence-electron chi connectivity index (χ1n) is 9.47. The van der Waals surface area contributed by atoms with Gasteiger partial charge in [0, 0.05) is 11.0 Å². The van der Waals surface area contributed by atoms with Gasteiger partial charge in [0.1, 0.15) is 11.9 Å². The van der Waals surface area contributed by atoms with E-state index in [4.69, 9.17) is 15.2 Å². The van der Waals surface area contributed by atoms with Crippen LogP contribution in [0.4, 0.5) is 4.79 Å². The zero-order valence-electron chi connectivity index (χ0n) is 16.8. The van der Waals surface area contributed by atoms with Crippen LogP contribution in [-0.2, 0) is 17.6 Å². The fraction of sp³-hybridized carbons (Fsp3) is 0.435. The highest BCUT2D eigenvalue weighted by molar-refractivity contribution is 5.74. The van der Waals surface area contributed by atoms with Crippen molar-refractivity contribution in [1.29, 1.82) is 0 Å². The van der Waals surface area contributed by atoms with Gasteiger partial charge in [0.15, 0.2) is 0 Å². The number of amides is 1. The molecule has 0 aliphatic heterocycles. The van der Waals surface area contributed by atoms with E-state index in [2.05, 4.69) is 58.0 Å². The molecule has 3 rings (SSSR count). The molecule has 0 radical (unpaired) electrons. The Balaban J connectivity index is 2.06. The Hall–Kier alpha value is -2.49. The quantitative estimate of drug-likeness (QED) is 0.782. The first-order valence-corrected chi connectivity index (χ1v) is 9.47. The Kier molecular flexibility index (Phi) is 5.18. The molecule has 0 heterocycles. The summed E-state index contributed by atoms with van der Waals surface area (Å²) in [6.45, 7) is 8.64. The molecule has 0 fully saturated rings. The number of rotatable bonds is 5. The molecule has 0 aromatic heterocycles. The van der Waals surface area contributed by atoms with E-state index < -0.39 is 6.09 Å². The Morgan fingerprint density at radius 2 is 2.00 bits per heavy atom. The summed E-state index contributed by atoms with van der Waals surface area (Å²) >= 11 is 0. The molecule has 2 N–H and O–H groups in total. The van der Waals surface area contributed by atoms with Crippen molar-refractivity contribution in [1.82, 2.24) is 0 Å². The van der Waals surface area contributed by atoms with Gasteiger partial charge in [0.25, 0.3) is 0 Å². The first kappa shape index (κ1) is 19.3. The maximum absolute atomic E-state index is 11.4. The molecule has 0 saturated carbocycles. The Morgan fingerprint density at radius 1 is 1.26 bits per heavy atom. The van der Waals surface area contributed by atoms with Crippen LogP contribution < -0.4 is 10.5 Å². The molecule has 27 heavy (non-hydrogen) atoms. The van der Waals surface area contributed by atoms with Gasteiger partial charge < -0.3 is 15.2 Å². The van der Waals surface area contributed by atoms with E-state index in [1.54, 1.807) is 7.11 Å². The maximum Gasteiger partial charge on any atom is 0.405 e. The van der Waals surface area contributed by atoms with Gasteiger partial charge in [-0.1, -0.05) is 52.0 Å². The number of primary amides is 1. The number of hydrogen-bond donors (Lipinski definition) is 1. The highest BCUT2D eigenvalue weighted by Crippen LogP contribution is 2.50. The summed E-state index contributed by atoms with van der Waals surface area (Å²) in [5, 5.41) is 0. The van der Waals surface area contributed by atoms with Crippen LogP contribution in [0.3, 0.4) is 0 Å². The number of carbonyl (C=O) groups is 1. The van der Waals surface area contributed by atoms with Gasteiger partial charge in [-0.15, -0.1) is 0 Å². The summed E-state index contributed by atoms with van der Waals surface area (Å²) in [5.41, 5.74) is 10.8. The zero-order valence-corrected chi connectivity index (χ0v) is 16.8. The molecular weight excluding hydrogens is 338 g/mol. The van der Waals surface area contributed by atoms with Crippen molar-refractivity contribution in [2.75, 3.05) is 7.11 Å². The molecule has 1 unspecified atom stereocenters. The maximum atomic E-state index is 11.4. The molecule has 2 aromatic carbocycles. The normalized spacial score (nSPS) is 17.6. The van der Waals surface area contributed by atoms with E-state index in [1.807, 2.05) is 6.07 Å². The molecule has 0 spiro atoms. The van der Waals surface area contributed by atoms with E-state index in [0.717, 1.165) is 35.3 Å². The van der Waals surface area contributed by atoms with Crippen LogP contribution in [0.15, 0.2) is 36.4 Å². The second-order valence-corrected chi connectivity index (χ2v) is 8.53. The zero-order chi connectivity index (χ0) is 19.8. The SMILES string of the molecule is COc1cc2c(cc1-c1cccc(CC(C)C)c1)CC(C)(C)C2OC(N)=O. The molecular formula is C23H29NO3. The smallest absolute Gasteiger partial charge is 0.405 e. The van der Waals surface area contributed by atoms with Crippen molar-refractivity contribution in [2.24, 2.45) is 17.1 Å². The highest BCUT2D eigenvalue weighted by atomic mass is 16.6. The summed E-state index contributed by atoms with van der Waals surface area (Å²) in [7, 11) is 1.67. The van der Waals surface area contributed by atoms with E-state index in [1.165, 1.54) is 11.1 Å². The lowest BCUT2D eigenvalue weighted by molar-refractivity contribution is 0.0391. The topological polar surface area (TPSA) is 61.6 Å². The average Bonchev–Trinajstić information content (AvgIpc) is 2.82. The molecule has 1 amide bonds. The molecule has 0 bridgehead atoms. The van der Waals surface area contributed by atoms with Crippen LogP contribution in [-0.4, -0.2) is 13.2 Å². The summed E-state index contributed by atoms with van der Waals surface area (Å²) in [4.78, 5) is 11.4. The van der Waals surface area contributed by atoms with Crippen molar-refractivity contribution in [3.8, 4) is 16.9 Å². The van der Waals surface area contributed by atoms with Crippen LogP contribution in [0.2, 0.25) is 0 Å². The Morgan fingerprint density at radius 3 is 2.63 bits per heavy atom. The van der Waals surface area contributed by atoms with E-state index >= 15 is 0 Å². The summed E-state index contributed by atoms with van der Waals surface area (Å²) in [5.74, 6) is 1.39. The summed E-state index contributed by atoms with van der Waals surface area (Å²) < 4.78 is 11.1. The standard InChI is InChI=1S/C23H29NO3/c1-14(2)9-15-7-6-8-16(10-15)18-11-17-13-23(3,4)21(27-22(24)25)19(17)12-20(18)26-5/h6-8,10-12,14,21H,9,13H2,1-5H3,(H2,24,25). The minimum atomic E-state index is -0.745. The number of nitrogens with two attached hydrogens (primary N) is 1. The molecule has 1 atom stereocenters. The van der Waals surface area contributed by atoms with E-state index in [-0.39, 0.29) is 11.5 Å². The molecule has 1 aliphatic rings. The first-order chi connectivity index (χ1) is 12.7. The number of benzene rings is 2. The van der Waals surface area contributed by atoms with Crippen LogP contribution in [0, 0.1) is 11.3 Å². The fourth-order valence-electron chi connectivity index (χ4n) is 4.11.